The van der Waals surface area contributed by atoms with Gasteiger partial charge in [0.25, 0.3) is 0 Å². The first-order chi connectivity index (χ1) is 15.1. The normalized spacial score (nSPS) is 15.8. The molecule has 1 saturated heterocycles. The number of hydrogen-bond acceptors (Lipinski definition) is 5. The first kappa shape index (κ1) is 21.2. The van der Waals surface area contributed by atoms with E-state index < -0.39 is 0 Å². The van der Waals surface area contributed by atoms with Gasteiger partial charge in [-0.25, -0.2) is 4.98 Å². The Morgan fingerprint density at radius 1 is 1.23 bits per heavy atom. The summed E-state index contributed by atoms with van der Waals surface area (Å²) in [6.07, 6.45) is 4.26. The molecule has 31 heavy (non-hydrogen) atoms. The minimum atomic E-state index is -0.0270. The van der Waals surface area contributed by atoms with Crippen LogP contribution >= 0.6 is 11.6 Å². The van der Waals surface area contributed by atoms with Crippen molar-refractivity contribution in [1.82, 2.24) is 9.88 Å². The fourth-order valence-electron chi connectivity index (χ4n) is 4.06. The molecule has 1 aliphatic rings. The summed E-state index contributed by atoms with van der Waals surface area (Å²) in [5.74, 6) is 2.72. The van der Waals surface area contributed by atoms with Crippen LogP contribution in [0.3, 0.4) is 0 Å². The predicted octanol–water partition coefficient (Wildman–Crippen LogP) is 5.31. The molecule has 0 spiro atoms. The van der Waals surface area contributed by atoms with E-state index in [4.69, 9.17) is 25.5 Å². The Morgan fingerprint density at radius 3 is 2.84 bits per heavy atom. The minimum absolute atomic E-state index is 0.0270. The monoisotopic (exact) mass is 440 g/mol. The number of hydrogen-bond donors (Lipinski definition) is 0. The summed E-state index contributed by atoms with van der Waals surface area (Å²) in [4.78, 5) is 19.3. The van der Waals surface area contributed by atoms with E-state index in [1.807, 2.05) is 47.4 Å². The molecule has 4 rings (SSSR count). The van der Waals surface area contributed by atoms with Crippen LogP contribution in [-0.4, -0.2) is 36.6 Å². The molecule has 0 bridgehead atoms. The first-order valence-corrected chi connectivity index (χ1v) is 10.7. The van der Waals surface area contributed by atoms with E-state index in [1.54, 1.807) is 20.4 Å². The van der Waals surface area contributed by atoms with Crippen LogP contribution in [-0.2, 0) is 11.2 Å². The molecule has 6 nitrogen and oxygen atoms in total. The summed E-state index contributed by atoms with van der Waals surface area (Å²) >= 11 is 6.23. The lowest BCUT2D eigenvalue weighted by Gasteiger charge is -2.26. The summed E-state index contributed by atoms with van der Waals surface area (Å²) in [5, 5.41) is 0.605. The van der Waals surface area contributed by atoms with Gasteiger partial charge in [0.15, 0.2) is 11.7 Å². The molecule has 1 aromatic heterocycles. The van der Waals surface area contributed by atoms with E-state index in [-0.39, 0.29) is 11.9 Å². The summed E-state index contributed by atoms with van der Waals surface area (Å²) < 4.78 is 16.8. The molecular formula is C24H25ClN2O4. The summed E-state index contributed by atoms with van der Waals surface area (Å²) in [5.41, 5.74) is 1.77. The van der Waals surface area contributed by atoms with Crippen molar-refractivity contribution in [3.05, 3.63) is 65.1 Å². The van der Waals surface area contributed by atoms with E-state index >= 15 is 0 Å². The number of ether oxygens (including phenoxy) is 2. The highest BCUT2D eigenvalue weighted by atomic mass is 35.5. The number of aryl methyl sites for hydroxylation is 1. The quantitative estimate of drug-likeness (QED) is 0.498. The van der Waals surface area contributed by atoms with Crippen molar-refractivity contribution in [2.24, 2.45) is 0 Å². The maximum Gasteiger partial charge on any atom is 0.223 e. The van der Waals surface area contributed by atoms with E-state index in [0.29, 0.717) is 29.5 Å². The van der Waals surface area contributed by atoms with Crippen molar-refractivity contribution < 1.29 is 18.7 Å². The minimum Gasteiger partial charge on any atom is -0.497 e. The SMILES string of the molecule is COc1ccc(OC)c(C2CCCN2C(=O)CCc2ncc(-c3ccccc3Cl)o2)c1. The van der Waals surface area contributed by atoms with Gasteiger partial charge >= 0.3 is 0 Å². The zero-order valence-corrected chi connectivity index (χ0v) is 18.4. The smallest absolute Gasteiger partial charge is 0.223 e. The largest absolute Gasteiger partial charge is 0.497 e. The lowest BCUT2D eigenvalue weighted by atomic mass is 10.0. The number of carbonyl (C=O) groups excluding carboxylic acids is 1. The van der Waals surface area contributed by atoms with Gasteiger partial charge in [0, 0.05) is 30.5 Å². The highest BCUT2D eigenvalue weighted by Crippen LogP contribution is 2.39. The second-order valence-electron chi connectivity index (χ2n) is 7.45. The average molecular weight is 441 g/mol. The highest BCUT2D eigenvalue weighted by Gasteiger charge is 2.32. The third kappa shape index (κ3) is 4.54. The Bertz CT molecular complexity index is 1070. The number of rotatable bonds is 7. The fraction of sp³-hybridized carbons (Fsp3) is 0.333. The van der Waals surface area contributed by atoms with Crippen LogP contribution in [0.5, 0.6) is 11.5 Å². The molecule has 1 aliphatic heterocycles. The van der Waals surface area contributed by atoms with Gasteiger partial charge < -0.3 is 18.8 Å². The summed E-state index contributed by atoms with van der Waals surface area (Å²) in [6, 6.07) is 13.1. The van der Waals surface area contributed by atoms with E-state index in [2.05, 4.69) is 4.98 Å². The van der Waals surface area contributed by atoms with Gasteiger partial charge in [-0.1, -0.05) is 23.7 Å². The molecular weight excluding hydrogens is 416 g/mol. The van der Waals surface area contributed by atoms with Crippen LogP contribution in [0.15, 0.2) is 53.1 Å². The maximum atomic E-state index is 13.1. The Kier molecular flexibility index (Phi) is 6.47. The molecule has 1 unspecified atom stereocenters. The van der Waals surface area contributed by atoms with Crippen LogP contribution in [0.25, 0.3) is 11.3 Å². The molecule has 0 N–H and O–H groups in total. The number of benzene rings is 2. The summed E-state index contributed by atoms with van der Waals surface area (Å²) in [7, 11) is 3.28. The molecule has 1 atom stereocenters. The Morgan fingerprint density at radius 2 is 2.06 bits per heavy atom. The van der Waals surface area contributed by atoms with E-state index in [9.17, 15) is 4.79 Å². The molecule has 7 heteroatoms. The van der Waals surface area contributed by atoms with E-state index in [1.165, 1.54) is 0 Å². The van der Waals surface area contributed by atoms with Crippen molar-refractivity contribution in [2.45, 2.75) is 31.7 Å². The second-order valence-corrected chi connectivity index (χ2v) is 7.86. The zero-order valence-electron chi connectivity index (χ0n) is 17.6. The third-order valence-corrected chi connectivity index (χ3v) is 5.94. The number of nitrogens with zero attached hydrogens (tertiary/aromatic N) is 2. The molecule has 3 aromatic rings. The van der Waals surface area contributed by atoms with Gasteiger partial charge in [-0.05, 0) is 43.2 Å². The number of methoxy groups -OCH3 is 2. The number of amides is 1. The fourth-order valence-corrected chi connectivity index (χ4v) is 4.29. The first-order valence-electron chi connectivity index (χ1n) is 10.3. The topological polar surface area (TPSA) is 64.8 Å². The van der Waals surface area contributed by atoms with Gasteiger partial charge in [-0.3, -0.25) is 4.79 Å². The zero-order chi connectivity index (χ0) is 21.8. The van der Waals surface area contributed by atoms with Gasteiger partial charge in [-0.15, -0.1) is 0 Å². The number of aromatic nitrogens is 1. The number of halogens is 1. The Labute approximate surface area is 186 Å². The Balaban J connectivity index is 1.45. The molecule has 1 amide bonds. The van der Waals surface area contributed by atoms with Gasteiger partial charge in [-0.2, -0.15) is 0 Å². The number of carbonyl (C=O) groups is 1. The third-order valence-electron chi connectivity index (χ3n) is 5.61. The number of oxazole rings is 1. The van der Waals surface area contributed by atoms with Gasteiger partial charge in [0.05, 0.1) is 31.5 Å². The predicted molar refractivity (Wildman–Crippen MR) is 119 cm³/mol. The second kappa shape index (κ2) is 9.43. The lowest BCUT2D eigenvalue weighted by molar-refractivity contribution is -0.132. The molecule has 2 aromatic carbocycles. The summed E-state index contributed by atoms with van der Waals surface area (Å²) in [6.45, 7) is 0.723. The van der Waals surface area contributed by atoms with Crippen LogP contribution in [0.4, 0.5) is 0 Å². The van der Waals surface area contributed by atoms with Crippen LogP contribution < -0.4 is 9.47 Å². The molecule has 1 fully saturated rings. The molecule has 0 radical (unpaired) electrons. The van der Waals surface area contributed by atoms with Crippen molar-refractivity contribution >= 4 is 17.5 Å². The average Bonchev–Trinajstić information content (AvgIpc) is 3.47. The number of likely N-dealkylation sites (tertiary alicyclic amines) is 1. The van der Waals surface area contributed by atoms with Crippen molar-refractivity contribution in [3.63, 3.8) is 0 Å². The highest BCUT2D eigenvalue weighted by molar-refractivity contribution is 6.33. The van der Waals surface area contributed by atoms with Crippen LogP contribution in [0.1, 0.15) is 36.8 Å². The molecule has 2 heterocycles. The molecule has 162 valence electrons. The van der Waals surface area contributed by atoms with Gasteiger partial charge in [0.2, 0.25) is 5.91 Å². The molecule has 0 aliphatic carbocycles. The van der Waals surface area contributed by atoms with Crippen LogP contribution in [0, 0.1) is 0 Å². The van der Waals surface area contributed by atoms with E-state index in [0.717, 1.165) is 42.0 Å². The van der Waals surface area contributed by atoms with Crippen molar-refractivity contribution in [2.75, 3.05) is 20.8 Å². The Hall–Kier alpha value is -2.99. The molecule has 0 saturated carbocycles. The lowest BCUT2D eigenvalue weighted by Crippen LogP contribution is -2.31. The van der Waals surface area contributed by atoms with Crippen molar-refractivity contribution in [1.29, 1.82) is 0 Å². The van der Waals surface area contributed by atoms with Crippen molar-refractivity contribution in [3.8, 4) is 22.8 Å². The van der Waals surface area contributed by atoms with Crippen LogP contribution in [0.2, 0.25) is 5.02 Å². The standard InChI is InChI=1S/C24H25ClN2O4/c1-29-16-9-10-21(30-2)18(14-16)20-8-5-13-27(20)24(28)12-11-23-26-15-22(31-23)17-6-3-4-7-19(17)25/h3-4,6-7,9-10,14-15,20H,5,8,11-13H2,1-2H3. The van der Waals surface area contributed by atoms with Gasteiger partial charge in [0.1, 0.15) is 11.5 Å². The maximum absolute atomic E-state index is 13.1.